The van der Waals surface area contributed by atoms with Gasteiger partial charge >= 0.3 is 0 Å². The van der Waals surface area contributed by atoms with Crippen LogP contribution >= 0.6 is 12.2 Å². The molecule has 1 N–H and O–H groups in total. The van der Waals surface area contributed by atoms with E-state index in [1.165, 1.54) is 23.1 Å². The first-order chi connectivity index (χ1) is 18.9. The van der Waals surface area contributed by atoms with Gasteiger partial charge in [0.25, 0.3) is 11.8 Å². The predicted molar refractivity (Wildman–Crippen MR) is 146 cm³/mol. The summed E-state index contributed by atoms with van der Waals surface area (Å²) in [7, 11) is 0. The standard InChI is InChI=1S/C30H20F2N2O4S/c31-21-14-20(15-22(32)17-21)18-37-24-10-6-19(7-11-24)16-27-28(35)33-30(39)34(29(27)36)23-8-12-26(13-9-23)38-25-4-2-1-3-5-25/h1-17H,18H2,(H,33,35,39). The van der Waals surface area contributed by atoms with E-state index in [1.54, 1.807) is 48.5 Å². The Bertz CT molecular complexity index is 1550. The first-order valence-electron chi connectivity index (χ1n) is 11.8. The molecule has 1 aliphatic rings. The highest BCUT2D eigenvalue weighted by molar-refractivity contribution is 7.80. The van der Waals surface area contributed by atoms with Crippen LogP contribution in [0.25, 0.3) is 6.08 Å². The molecule has 1 saturated heterocycles. The van der Waals surface area contributed by atoms with Crippen molar-refractivity contribution in [2.45, 2.75) is 6.61 Å². The Kier molecular flexibility index (Phi) is 7.42. The zero-order valence-corrected chi connectivity index (χ0v) is 21.1. The van der Waals surface area contributed by atoms with Crippen LogP contribution in [0.15, 0.2) is 103 Å². The summed E-state index contributed by atoms with van der Waals surface area (Å²) in [6.07, 6.45) is 1.45. The molecule has 194 valence electrons. The second-order valence-electron chi connectivity index (χ2n) is 8.50. The van der Waals surface area contributed by atoms with E-state index in [9.17, 15) is 18.4 Å². The lowest BCUT2D eigenvalue weighted by molar-refractivity contribution is -0.122. The molecule has 0 spiro atoms. The van der Waals surface area contributed by atoms with Gasteiger partial charge in [-0.1, -0.05) is 30.3 Å². The van der Waals surface area contributed by atoms with Gasteiger partial charge in [0.2, 0.25) is 0 Å². The molecule has 0 aliphatic carbocycles. The summed E-state index contributed by atoms with van der Waals surface area (Å²) in [5.41, 5.74) is 1.28. The molecule has 1 heterocycles. The lowest BCUT2D eigenvalue weighted by Gasteiger charge is -2.29. The minimum Gasteiger partial charge on any atom is -0.489 e. The summed E-state index contributed by atoms with van der Waals surface area (Å²) in [5, 5.41) is 2.52. The normalized spacial score (nSPS) is 14.4. The van der Waals surface area contributed by atoms with Gasteiger partial charge in [0.05, 0.1) is 5.69 Å². The van der Waals surface area contributed by atoms with Crippen molar-refractivity contribution < 1.29 is 27.8 Å². The molecule has 0 unspecified atom stereocenters. The van der Waals surface area contributed by atoms with E-state index in [0.29, 0.717) is 34.1 Å². The highest BCUT2D eigenvalue weighted by Gasteiger charge is 2.34. The Morgan fingerprint density at radius 2 is 1.41 bits per heavy atom. The number of ether oxygens (including phenoxy) is 2. The van der Waals surface area contributed by atoms with E-state index in [0.717, 1.165) is 6.07 Å². The summed E-state index contributed by atoms with van der Waals surface area (Å²) < 4.78 is 38.1. The molecule has 4 aromatic rings. The quantitative estimate of drug-likeness (QED) is 0.172. The Morgan fingerprint density at radius 1 is 0.795 bits per heavy atom. The van der Waals surface area contributed by atoms with E-state index in [-0.39, 0.29) is 17.3 Å². The second-order valence-corrected chi connectivity index (χ2v) is 8.89. The van der Waals surface area contributed by atoms with Gasteiger partial charge in [-0.05, 0) is 90.1 Å². The molecule has 5 rings (SSSR count). The number of para-hydroxylation sites is 1. The van der Waals surface area contributed by atoms with Crippen molar-refractivity contribution in [3.63, 3.8) is 0 Å². The molecular formula is C30H20F2N2O4S. The van der Waals surface area contributed by atoms with E-state index >= 15 is 0 Å². The monoisotopic (exact) mass is 542 g/mol. The van der Waals surface area contributed by atoms with E-state index in [2.05, 4.69) is 5.32 Å². The van der Waals surface area contributed by atoms with Crippen molar-refractivity contribution in [3.05, 3.63) is 125 Å². The smallest absolute Gasteiger partial charge is 0.270 e. The number of rotatable bonds is 7. The van der Waals surface area contributed by atoms with E-state index in [1.807, 2.05) is 30.3 Å². The number of halogens is 2. The number of benzene rings is 4. The van der Waals surface area contributed by atoms with Crippen LogP contribution in [0.5, 0.6) is 17.2 Å². The maximum absolute atomic E-state index is 13.4. The van der Waals surface area contributed by atoms with Crippen LogP contribution in [0.3, 0.4) is 0 Å². The van der Waals surface area contributed by atoms with Crippen LogP contribution in [0.1, 0.15) is 11.1 Å². The van der Waals surface area contributed by atoms with Gasteiger partial charge in [0.15, 0.2) is 5.11 Å². The third kappa shape index (κ3) is 6.16. The van der Waals surface area contributed by atoms with Crippen LogP contribution in [0.2, 0.25) is 0 Å². The number of nitrogens with zero attached hydrogens (tertiary/aromatic N) is 1. The number of thiocarbonyl (C=S) groups is 1. The summed E-state index contributed by atoms with van der Waals surface area (Å²) in [6, 6.07) is 25.8. The van der Waals surface area contributed by atoms with Crippen molar-refractivity contribution in [2.75, 3.05) is 4.90 Å². The lowest BCUT2D eigenvalue weighted by Crippen LogP contribution is -2.54. The number of carbonyl (C=O) groups is 2. The number of hydrogen-bond acceptors (Lipinski definition) is 5. The Morgan fingerprint density at radius 3 is 2.08 bits per heavy atom. The zero-order valence-electron chi connectivity index (χ0n) is 20.3. The van der Waals surface area contributed by atoms with Crippen LogP contribution < -0.4 is 19.7 Å². The van der Waals surface area contributed by atoms with E-state index in [4.69, 9.17) is 21.7 Å². The first-order valence-corrected chi connectivity index (χ1v) is 12.2. The van der Waals surface area contributed by atoms with Crippen LogP contribution in [-0.2, 0) is 16.2 Å². The predicted octanol–water partition coefficient (Wildman–Crippen LogP) is 6.17. The fourth-order valence-corrected chi connectivity index (χ4v) is 4.15. The third-order valence-electron chi connectivity index (χ3n) is 5.69. The molecule has 1 fully saturated rings. The number of anilines is 1. The maximum atomic E-state index is 13.4. The minimum absolute atomic E-state index is 0.0302. The number of hydrogen-bond donors (Lipinski definition) is 1. The van der Waals surface area contributed by atoms with Crippen molar-refractivity contribution in [1.82, 2.24) is 5.32 Å². The van der Waals surface area contributed by atoms with Crippen molar-refractivity contribution in [1.29, 1.82) is 0 Å². The second kappa shape index (κ2) is 11.2. The number of nitrogens with one attached hydrogen (secondary N) is 1. The van der Waals surface area contributed by atoms with Crippen LogP contribution in [0.4, 0.5) is 14.5 Å². The third-order valence-corrected chi connectivity index (χ3v) is 5.98. The topological polar surface area (TPSA) is 67.9 Å². The van der Waals surface area contributed by atoms with Crippen molar-refractivity contribution in [3.8, 4) is 17.2 Å². The van der Waals surface area contributed by atoms with Gasteiger partial charge in [-0.3, -0.25) is 19.8 Å². The fraction of sp³-hybridized carbons (Fsp3) is 0.0333. The van der Waals surface area contributed by atoms with Gasteiger partial charge in [-0.15, -0.1) is 0 Å². The highest BCUT2D eigenvalue weighted by Crippen LogP contribution is 2.27. The molecule has 4 aromatic carbocycles. The number of amides is 2. The Labute approximate surface area is 228 Å². The molecule has 39 heavy (non-hydrogen) atoms. The van der Waals surface area contributed by atoms with Gasteiger partial charge in [-0.25, -0.2) is 8.78 Å². The van der Waals surface area contributed by atoms with Crippen molar-refractivity contribution in [2.24, 2.45) is 0 Å². The molecule has 9 heteroatoms. The van der Waals surface area contributed by atoms with Gasteiger partial charge in [-0.2, -0.15) is 0 Å². The molecule has 2 amide bonds. The summed E-state index contributed by atoms with van der Waals surface area (Å²) in [4.78, 5) is 27.2. The van der Waals surface area contributed by atoms with Gasteiger partial charge < -0.3 is 9.47 Å². The number of carbonyl (C=O) groups excluding carboxylic acids is 2. The molecule has 0 saturated carbocycles. The van der Waals surface area contributed by atoms with Crippen LogP contribution in [0, 0.1) is 11.6 Å². The molecule has 0 bridgehead atoms. The van der Waals surface area contributed by atoms with Gasteiger partial charge in [0.1, 0.15) is 41.1 Å². The molecule has 0 radical (unpaired) electrons. The molecule has 0 atom stereocenters. The zero-order chi connectivity index (χ0) is 27.4. The molecule has 1 aliphatic heterocycles. The molecule has 0 aromatic heterocycles. The van der Waals surface area contributed by atoms with Crippen molar-refractivity contribution >= 4 is 40.9 Å². The highest BCUT2D eigenvalue weighted by atomic mass is 32.1. The van der Waals surface area contributed by atoms with E-state index < -0.39 is 23.4 Å². The average Bonchev–Trinajstić information content (AvgIpc) is 2.91. The van der Waals surface area contributed by atoms with Gasteiger partial charge in [0, 0.05) is 6.07 Å². The molecular weight excluding hydrogens is 522 g/mol. The Balaban J connectivity index is 1.29. The average molecular weight is 543 g/mol. The minimum atomic E-state index is -0.684. The maximum Gasteiger partial charge on any atom is 0.270 e. The lowest BCUT2D eigenvalue weighted by atomic mass is 10.1. The van der Waals surface area contributed by atoms with Crippen LogP contribution in [-0.4, -0.2) is 16.9 Å². The summed E-state index contributed by atoms with van der Waals surface area (Å²) in [5.74, 6) is -0.863. The fourth-order valence-electron chi connectivity index (χ4n) is 3.87. The SMILES string of the molecule is O=C1NC(=S)N(c2ccc(Oc3ccccc3)cc2)C(=O)C1=Cc1ccc(OCc2cc(F)cc(F)c2)cc1. The molecule has 6 nitrogen and oxygen atoms in total. The Hall–Kier alpha value is -4.89. The largest absolute Gasteiger partial charge is 0.489 e. The summed E-state index contributed by atoms with van der Waals surface area (Å²) in [6.45, 7) is -0.0302. The first kappa shape index (κ1) is 25.7. The summed E-state index contributed by atoms with van der Waals surface area (Å²) >= 11 is 5.27.